The molecule has 1 aromatic carbocycles. The van der Waals surface area contributed by atoms with E-state index in [0.717, 1.165) is 19.0 Å². The molecule has 2 fully saturated rings. The van der Waals surface area contributed by atoms with Crippen LogP contribution in [0.15, 0.2) is 30.3 Å². The van der Waals surface area contributed by atoms with E-state index in [2.05, 4.69) is 40.5 Å². The van der Waals surface area contributed by atoms with Gasteiger partial charge in [0.05, 0.1) is 0 Å². The summed E-state index contributed by atoms with van der Waals surface area (Å²) in [5, 5.41) is 12.9. The van der Waals surface area contributed by atoms with Crippen LogP contribution in [0.4, 0.5) is 0 Å². The monoisotopic (exact) mass is 274 g/mol. The van der Waals surface area contributed by atoms with Crippen molar-refractivity contribution in [2.24, 2.45) is 5.92 Å². The van der Waals surface area contributed by atoms with Crippen molar-refractivity contribution in [2.75, 3.05) is 19.7 Å². The number of nitrogens with one attached hydrogen (secondary N) is 1. The Labute approximate surface area is 122 Å². The van der Waals surface area contributed by atoms with Crippen LogP contribution >= 0.6 is 0 Å². The van der Waals surface area contributed by atoms with Crippen molar-refractivity contribution in [2.45, 2.75) is 44.3 Å². The maximum absolute atomic E-state index is 9.21. The molecule has 3 rings (SSSR count). The molecule has 0 radical (unpaired) electrons. The fourth-order valence-electron chi connectivity index (χ4n) is 3.38. The maximum Gasteiger partial charge on any atom is 0.0434 e. The van der Waals surface area contributed by atoms with Gasteiger partial charge in [0, 0.05) is 38.3 Å². The molecule has 1 aliphatic heterocycles. The van der Waals surface area contributed by atoms with Crippen molar-refractivity contribution in [1.29, 1.82) is 0 Å². The number of piperidine rings is 1. The molecule has 2 aliphatic rings. The third-order valence-electron chi connectivity index (χ3n) is 4.60. The van der Waals surface area contributed by atoms with E-state index in [1.807, 2.05) is 0 Å². The highest BCUT2D eigenvalue weighted by Gasteiger charge is 2.35. The minimum absolute atomic E-state index is 0.328. The SMILES string of the molecule is OCCC1CC(NCc2ccccc2)CN(C2CC2)C1. The van der Waals surface area contributed by atoms with Crippen LogP contribution in [-0.2, 0) is 6.54 Å². The van der Waals surface area contributed by atoms with Gasteiger partial charge in [0.1, 0.15) is 0 Å². The molecule has 3 heteroatoms. The summed E-state index contributed by atoms with van der Waals surface area (Å²) in [6.45, 7) is 3.65. The molecule has 0 bridgehead atoms. The van der Waals surface area contributed by atoms with Crippen molar-refractivity contribution < 1.29 is 5.11 Å². The molecular formula is C17H26N2O. The topological polar surface area (TPSA) is 35.5 Å². The number of nitrogens with zero attached hydrogens (tertiary/aromatic N) is 1. The lowest BCUT2D eigenvalue weighted by Gasteiger charge is -2.38. The number of aliphatic hydroxyl groups excluding tert-OH is 1. The Morgan fingerprint density at radius 2 is 1.95 bits per heavy atom. The van der Waals surface area contributed by atoms with E-state index in [1.54, 1.807) is 0 Å². The first-order valence-corrected chi connectivity index (χ1v) is 7.97. The standard InChI is InChI=1S/C17H26N2O/c20-9-8-15-10-16(13-19(12-15)17-6-7-17)18-11-14-4-2-1-3-5-14/h1-5,15-18,20H,6-13H2. The molecule has 1 aromatic rings. The summed E-state index contributed by atoms with van der Waals surface area (Å²) in [7, 11) is 0. The molecule has 2 N–H and O–H groups in total. The Balaban J connectivity index is 1.54. The lowest BCUT2D eigenvalue weighted by atomic mass is 9.91. The van der Waals surface area contributed by atoms with E-state index in [9.17, 15) is 5.11 Å². The van der Waals surface area contributed by atoms with Crippen molar-refractivity contribution in [1.82, 2.24) is 10.2 Å². The van der Waals surface area contributed by atoms with Gasteiger partial charge in [-0.2, -0.15) is 0 Å². The van der Waals surface area contributed by atoms with E-state index in [0.29, 0.717) is 18.6 Å². The quantitative estimate of drug-likeness (QED) is 0.833. The van der Waals surface area contributed by atoms with Crippen LogP contribution in [0.3, 0.4) is 0 Å². The van der Waals surface area contributed by atoms with Gasteiger partial charge in [0.15, 0.2) is 0 Å². The summed E-state index contributed by atoms with van der Waals surface area (Å²) < 4.78 is 0. The molecule has 2 unspecified atom stereocenters. The molecule has 1 saturated carbocycles. The third kappa shape index (κ3) is 3.81. The van der Waals surface area contributed by atoms with Gasteiger partial charge in [-0.15, -0.1) is 0 Å². The first-order valence-electron chi connectivity index (χ1n) is 7.97. The number of benzene rings is 1. The Morgan fingerprint density at radius 3 is 2.65 bits per heavy atom. The first-order chi connectivity index (χ1) is 9.85. The van der Waals surface area contributed by atoms with Crippen LogP contribution in [0.5, 0.6) is 0 Å². The smallest absolute Gasteiger partial charge is 0.0434 e. The van der Waals surface area contributed by atoms with E-state index in [-0.39, 0.29) is 0 Å². The molecule has 110 valence electrons. The molecule has 0 aromatic heterocycles. The van der Waals surface area contributed by atoms with Gasteiger partial charge in [-0.25, -0.2) is 0 Å². The second-order valence-electron chi connectivity index (χ2n) is 6.36. The molecule has 0 amide bonds. The van der Waals surface area contributed by atoms with Crippen LogP contribution in [-0.4, -0.2) is 41.8 Å². The Bertz CT molecular complexity index is 405. The van der Waals surface area contributed by atoms with Crippen LogP contribution in [0.1, 0.15) is 31.2 Å². The fraction of sp³-hybridized carbons (Fsp3) is 0.647. The summed E-state index contributed by atoms with van der Waals surface area (Å²) in [5.74, 6) is 0.655. The normalized spacial score (nSPS) is 27.6. The largest absolute Gasteiger partial charge is 0.396 e. The molecule has 1 heterocycles. The van der Waals surface area contributed by atoms with Gasteiger partial charge >= 0.3 is 0 Å². The van der Waals surface area contributed by atoms with E-state index in [4.69, 9.17) is 0 Å². The molecule has 1 aliphatic carbocycles. The minimum atomic E-state index is 0.328. The van der Waals surface area contributed by atoms with E-state index >= 15 is 0 Å². The van der Waals surface area contributed by atoms with Crippen LogP contribution < -0.4 is 5.32 Å². The van der Waals surface area contributed by atoms with Crippen LogP contribution in [0.2, 0.25) is 0 Å². The van der Waals surface area contributed by atoms with Gasteiger partial charge in [-0.3, -0.25) is 4.90 Å². The van der Waals surface area contributed by atoms with Crippen molar-refractivity contribution in [3.8, 4) is 0 Å². The highest BCUT2D eigenvalue weighted by Crippen LogP contribution is 2.32. The van der Waals surface area contributed by atoms with Gasteiger partial charge in [-0.1, -0.05) is 30.3 Å². The zero-order valence-electron chi connectivity index (χ0n) is 12.2. The molecular weight excluding hydrogens is 248 g/mol. The second-order valence-corrected chi connectivity index (χ2v) is 6.36. The Hall–Kier alpha value is -0.900. The average molecular weight is 274 g/mol. The van der Waals surface area contributed by atoms with Gasteiger partial charge in [0.25, 0.3) is 0 Å². The lowest BCUT2D eigenvalue weighted by Crippen LogP contribution is -2.49. The number of hydrogen-bond donors (Lipinski definition) is 2. The van der Waals surface area contributed by atoms with Crippen molar-refractivity contribution in [3.63, 3.8) is 0 Å². The molecule has 20 heavy (non-hydrogen) atoms. The zero-order valence-corrected chi connectivity index (χ0v) is 12.2. The minimum Gasteiger partial charge on any atom is -0.396 e. The predicted octanol–water partition coefficient (Wildman–Crippen LogP) is 2.01. The first kappa shape index (κ1) is 14.1. The number of likely N-dealkylation sites (tertiary alicyclic amines) is 1. The number of rotatable bonds is 6. The van der Waals surface area contributed by atoms with Gasteiger partial charge < -0.3 is 10.4 Å². The van der Waals surface area contributed by atoms with Crippen LogP contribution in [0.25, 0.3) is 0 Å². The molecule has 3 nitrogen and oxygen atoms in total. The second kappa shape index (κ2) is 6.70. The summed E-state index contributed by atoms with van der Waals surface area (Å²) in [6, 6.07) is 12.0. The Kier molecular flexibility index (Phi) is 4.71. The highest BCUT2D eigenvalue weighted by atomic mass is 16.3. The molecule has 0 spiro atoms. The van der Waals surface area contributed by atoms with Crippen molar-refractivity contribution >= 4 is 0 Å². The highest BCUT2D eigenvalue weighted by molar-refractivity contribution is 5.14. The maximum atomic E-state index is 9.21. The van der Waals surface area contributed by atoms with Crippen molar-refractivity contribution in [3.05, 3.63) is 35.9 Å². The summed E-state index contributed by atoms with van der Waals surface area (Å²) >= 11 is 0. The number of hydrogen-bond acceptors (Lipinski definition) is 3. The van der Waals surface area contributed by atoms with E-state index < -0.39 is 0 Å². The fourth-order valence-corrected chi connectivity index (χ4v) is 3.38. The summed E-state index contributed by atoms with van der Waals surface area (Å²) in [4.78, 5) is 2.65. The zero-order chi connectivity index (χ0) is 13.8. The van der Waals surface area contributed by atoms with Crippen LogP contribution in [0, 0.1) is 5.92 Å². The van der Waals surface area contributed by atoms with Gasteiger partial charge in [0.2, 0.25) is 0 Å². The predicted molar refractivity (Wildman–Crippen MR) is 81.5 cm³/mol. The van der Waals surface area contributed by atoms with E-state index in [1.165, 1.54) is 37.9 Å². The summed E-state index contributed by atoms with van der Waals surface area (Å²) in [5.41, 5.74) is 1.36. The average Bonchev–Trinajstić information content (AvgIpc) is 3.31. The number of aliphatic hydroxyl groups is 1. The third-order valence-corrected chi connectivity index (χ3v) is 4.60. The van der Waals surface area contributed by atoms with Gasteiger partial charge in [-0.05, 0) is 37.2 Å². The molecule has 1 saturated heterocycles. The summed E-state index contributed by atoms with van der Waals surface area (Å²) in [6.07, 6.45) is 4.90. The Morgan fingerprint density at radius 1 is 1.15 bits per heavy atom. The lowest BCUT2D eigenvalue weighted by molar-refractivity contribution is 0.114. The molecule has 2 atom stereocenters.